The molecule has 1 aromatic heterocycles. The van der Waals surface area contributed by atoms with Gasteiger partial charge in [-0.1, -0.05) is 31.0 Å². The number of hydrogen-bond donors (Lipinski definition) is 2. The number of aromatic amines is 1. The van der Waals surface area contributed by atoms with Gasteiger partial charge in [0.1, 0.15) is 18.0 Å². The lowest BCUT2D eigenvalue weighted by molar-refractivity contribution is -0.121. The van der Waals surface area contributed by atoms with Crippen molar-refractivity contribution in [3.05, 3.63) is 47.5 Å². The van der Waals surface area contributed by atoms with Gasteiger partial charge in [0.2, 0.25) is 5.91 Å². The molecule has 0 spiro atoms. The van der Waals surface area contributed by atoms with Gasteiger partial charge in [0.25, 0.3) is 11.8 Å². The molecule has 0 atom stereocenters. The van der Waals surface area contributed by atoms with E-state index in [1.54, 1.807) is 11.0 Å². The summed E-state index contributed by atoms with van der Waals surface area (Å²) in [4.78, 5) is 47.7. The summed E-state index contributed by atoms with van der Waals surface area (Å²) in [5.41, 5.74) is 0.319. The van der Waals surface area contributed by atoms with Gasteiger partial charge >= 0.3 is 6.61 Å². The van der Waals surface area contributed by atoms with E-state index >= 15 is 0 Å². The van der Waals surface area contributed by atoms with Crippen LogP contribution in [-0.2, 0) is 11.3 Å². The maximum atomic E-state index is 13.2. The molecule has 1 aliphatic heterocycles. The first-order valence-corrected chi connectivity index (χ1v) is 10.8. The highest BCUT2D eigenvalue weighted by Crippen LogP contribution is 2.22. The molecule has 1 aliphatic rings. The second-order valence-corrected chi connectivity index (χ2v) is 7.67. The first-order chi connectivity index (χ1) is 15.9. The molecule has 3 amide bonds. The van der Waals surface area contributed by atoms with Crippen molar-refractivity contribution in [1.29, 1.82) is 0 Å². The highest BCUT2D eigenvalue weighted by molar-refractivity contribution is 5.97. The summed E-state index contributed by atoms with van der Waals surface area (Å²) in [6.07, 6.45) is 5.20. The molecule has 33 heavy (non-hydrogen) atoms. The number of nitrogens with zero attached hydrogens (tertiary/aromatic N) is 3. The Hall–Kier alpha value is -3.50. The summed E-state index contributed by atoms with van der Waals surface area (Å²) in [6.45, 7) is -2.26. The van der Waals surface area contributed by atoms with Crippen molar-refractivity contribution in [1.82, 2.24) is 25.1 Å². The molecule has 3 rings (SSSR count). The van der Waals surface area contributed by atoms with E-state index in [1.165, 1.54) is 36.3 Å². The van der Waals surface area contributed by atoms with Crippen LogP contribution in [0.3, 0.4) is 0 Å². The second kappa shape index (κ2) is 11.4. The number of imidazole rings is 1. The molecule has 0 unspecified atom stereocenters. The van der Waals surface area contributed by atoms with Crippen LogP contribution in [0.1, 0.15) is 52.4 Å². The Labute approximate surface area is 190 Å². The van der Waals surface area contributed by atoms with Crippen molar-refractivity contribution in [2.24, 2.45) is 0 Å². The molecule has 1 saturated heterocycles. The highest BCUT2D eigenvalue weighted by Gasteiger charge is 2.25. The van der Waals surface area contributed by atoms with Gasteiger partial charge in [-0.3, -0.25) is 14.4 Å². The Morgan fingerprint density at radius 2 is 1.88 bits per heavy atom. The second-order valence-electron chi connectivity index (χ2n) is 7.67. The number of para-hydroxylation sites is 1. The van der Waals surface area contributed by atoms with E-state index in [9.17, 15) is 23.2 Å². The standard InChI is InChI=1S/C22H27F2N5O4/c1-25-18(30)14-29(13-15-8-4-5-9-17(15)33-22(23)24)20(31)16-12-26-19(27-16)21(32)28-10-6-2-3-7-11-28/h4-5,8-9,12,22H,2-3,6-7,10-11,13-14H2,1H3,(H,25,30)(H,26,27). The lowest BCUT2D eigenvalue weighted by atomic mass is 10.1. The average Bonchev–Trinajstić information content (AvgIpc) is 3.13. The number of carbonyl (C=O) groups excluding carboxylic acids is 3. The molecule has 0 radical (unpaired) electrons. The number of amides is 3. The summed E-state index contributed by atoms with van der Waals surface area (Å²) in [6, 6.07) is 6.04. The molecule has 0 bridgehead atoms. The largest absolute Gasteiger partial charge is 0.434 e. The van der Waals surface area contributed by atoms with E-state index in [1.807, 2.05) is 0 Å². The molecular formula is C22H27F2N5O4. The van der Waals surface area contributed by atoms with Crippen molar-refractivity contribution in [2.45, 2.75) is 38.8 Å². The Balaban J connectivity index is 1.80. The van der Waals surface area contributed by atoms with Crippen LogP contribution in [0.25, 0.3) is 0 Å². The SMILES string of the molecule is CNC(=O)CN(Cc1ccccc1OC(F)F)C(=O)c1cnc(C(=O)N2CCCCCC2)[nH]1. The van der Waals surface area contributed by atoms with E-state index in [0.29, 0.717) is 18.7 Å². The number of carbonyl (C=O) groups is 3. The van der Waals surface area contributed by atoms with Crippen LogP contribution in [0.5, 0.6) is 5.75 Å². The van der Waals surface area contributed by atoms with Crippen LogP contribution in [0.15, 0.2) is 30.5 Å². The maximum Gasteiger partial charge on any atom is 0.387 e. The minimum Gasteiger partial charge on any atom is -0.434 e. The zero-order chi connectivity index (χ0) is 23.8. The van der Waals surface area contributed by atoms with Gasteiger partial charge in [0.05, 0.1) is 12.7 Å². The van der Waals surface area contributed by atoms with Crippen molar-refractivity contribution in [3.8, 4) is 5.75 Å². The zero-order valence-corrected chi connectivity index (χ0v) is 18.4. The number of hydrogen-bond acceptors (Lipinski definition) is 5. The molecule has 2 heterocycles. The van der Waals surface area contributed by atoms with Gasteiger partial charge in [-0.15, -0.1) is 0 Å². The van der Waals surface area contributed by atoms with Crippen LogP contribution in [-0.4, -0.2) is 70.8 Å². The lowest BCUT2D eigenvalue weighted by Gasteiger charge is -2.22. The van der Waals surface area contributed by atoms with Gasteiger partial charge in [-0.25, -0.2) is 4.98 Å². The third-order valence-corrected chi connectivity index (χ3v) is 5.35. The van der Waals surface area contributed by atoms with Crippen molar-refractivity contribution < 1.29 is 27.9 Å². The normalized spacial score (nSPS) is 14.0. The number of alkyl halides is 2. The van der Waals surface area contributed by atoms with Gasteiger partial charge in [0, 0.05) is 25.7 Å². The van der Waals surface area contributed by atoms with Crippen molar-refractivity contribution in [3.63, 3.8) is 0 Å². The molecule has 1 aromatic carbocycles. The smallest absolute Gasteiger partial charge is 0.387 e. The molecule has 9 nitrogen and oxygen atoms in total. The van der Waals surface area contributed by atoms with Crippen LogP contribution in [0, 0.1) is 0 Å². The number of nitrogens with one attached hydrogen (secondary N) is 2. The topological polar surface area (TPSA) is 108 Å². The van der Waals surface area contributed by atoms with Gasteiger partial charge in [0.15, 0.2) is 5.82 Å². The predicted molar refractivity (Wildman–Crippen MR) is 115 cm³/mol. The molecule has 2 aromatic rings. The molecule has 11 heteroatoms. The van der Waals surface area contributed by atoms with E-state index in [4.69, 9.17) is 0 Å². The van der Waals surface area contributed by atoms with E-state index in [0.717, 1.165) is 25.7 Å². The number of aromatic nitrogens is 2. The number of halogens is 2. The Kier molecular flexibility index (Phi) is 8.34. The van der Waals surface area contributed by atoms with E-state index in [2.05, 4.69) is 20.0 Å². The van der Waals surface area contributed by atoms with Gasteiger partial charge < -0.3 is 24.8 Å². The molecule has 178 valence electrons. The highest BCUT2D eigenvalue weighted by atomic mass is 19.3. The zero-order valence-electron chi connectivity index (χ0n) is 18.4. The Bertz CT molecular complexity index is 973. The van der Waals surface area contributed by atoms with Crippen molar-refractivity contribution >= 4 is 17.7 Å². The van der Waals surface area contributed by atoms with E-state index < -0.39 is 18.4 Å². The van der Waals surface area contributed by atoms with Crippen LogP contribution < -0.4 is 10.1 Å². The monoisotopic (exact) mass is 463 g/mol. The maximum absolute atomic E-state index is 13.2. The molecular weight excluding hydrogens is 436 g/mol. The minimum atomic E-state index is -3.03. The number of benzene rings is 1. The predicted octanol–water partition coefficient (Wildman–Crippen LogP) is 2.42. The summed E-state index contributed by atoms with van der Waals surface area (Å²) < 4.78 is 30.1. The number of rotatable bonds is 8. The summed E-state index contributed by atoms with van der Waals surface area (Å²) in [5.74, 6) is -1.39. The summed E-state index contributed by atoms with van der Waals surface area (Å²) >= 11 is 0. The Morgan fingerprint density at radius 3 is 2.55 bits per heavy atom. The fraction of sp³-hybridized carbons (Fsp3) is 0.455. The van der Waals surface area contributed by atoms with Gasteiger partial charge in [-0.05, 0) is 18.9 Å². The van der Waals surface area contributed by atoms with Crippen molar-refractivity contribution in [2.75, 3.05) is 26.7 Å². The van der Waals surface area contributed by atoms with Crippen LogP contribution in [0.2, 0.25) is 0 Å². The molecule has 0 aliphatic carbocycles. The third kappa shape index (κ3) is 6.50. The Morgan fingerprint density at radius 1 is 1.18 bits per heavy atom. The lowest BCUT2D eigenvalue weighted by Crippen LogP contribution is -2.39. The van der Waals surface area contributed by atoms with E-state index in [-0.39, 0.29) is 36.3 Å². The first-order valence-electron chi connectivity index (χ1n) is 10.8. The minimum absolute atomic E-state index is 0.0179. The fourth-order valence-corrected chi connectivity index (χ4v) is 3.64. The number of ether oxygens (including phenoxy) is 1. The molecule has 1 fully saturated rings. The number of likely N-dealkylation sites (tertiary alicyclic amines) is 1. The molecule has 2 N–H and O–H groups in total. The third-order valence-electron chi connectivity index (χ3n) is 5.35. The van der Waals surface area contributed by atoms with Gasteiger partial charge in [-0.2, -0.15) is 8.78 Å². The number of H-pyrrole nitrogens is 1. The first kappa shape index (κ1) is 24.1. The quantitative estimate of drug-likeness (QED) is 0.625. The average molecular weight is 463 g/mol. The fourth-order valence-electron chi connectivity index (χ4n) is 3.64. The number of likely N-dealkylation sites (N-methyl/N-ethyl adjacent to an activating group) is 1. The van der Waals surface area contributed by atoms with Crippen LogP contribution in [0.4, 0.5) is 8.78 Å². The van der Waals surface area contributed by atoms with Crippen LogP contribution >= 0.6 is 0 Å². The molecule has 0 saturated carbocycles. The summed E-state index contributed by atoms with van der Waals surface area (Å²) in [5, 5.41) is 2.44. The summed E-state index contributed by atoms with van der Waals surface area (Å²) in [7, 11) is 1.42.